The van der Waals surface area contributed by atoms with Gasteiger partial charge in [0.05, 0.1) is 5.56 Å². The van der Waals surface area contributed by atoms with E-state index in [9.17, 15) is 18.3 Å². The summed E-state index contributed by atoms with van der Waals surface area (Å²) in [5.74, 6) is 0. The number of halogens is 3. The molecule has 0 saturated carbocycles. The van der Waals surface area contributed by atoms with Crippen molar-refractivity contribution < 1.29 is 18.3 Å². The van der Waals surface area contributed by atoms with Crippen molar-refractivity contribution in [2.24, 2.45) is 0 Å². The number of aliphatic hydroxyl groups is 1. The first-order chi connectivity index (χ1) is 9.60. The van der Waals surface area contributed by atoms with Crippen molar-refractivity contribution in [3.05, 3.63) is 70.3 Å². The third-order valence-corrected chi connectivity index (χ3v) is 3.54. The van der Waals surface area contributed by atoms with Gasteiger partial charge < -0.3 is 5.11 Å². The van der Waals surface area contributed by atoms with E-state index in [2.05, 4.69) is 0 Å². The van der Waals surface area contributed by atoms with Gasteiger partial charge in [0.1, 0.15) is 5.60 Å². The molecule has 0 heterocycles. The molecule has 21 heavy (non-hydrogen) atoms. The second kappa shape index (κ2) is 5.19. The van der Waals surface area contributed by atoms with Crippen LogP contribution in [-0.4, -0.2) is 5.11 Å². The van der Waals surface area contributed by atoms with Crippen molar-refractivity contribution in [2.45, 2.75) is 32.5 Å². The fourth-order valence-corrected chi connectivity index (χ4v) is 2.42. The predicted molar refractivity (Wildman–Crippen MR) is 76.0 cm³/mol. The van der Waals surface area contributed by atoms with Crippen LogP contribution in [-0.2, 0) is 11.8 Å². The first-order valence-electron chi connectivity index (χ1n) is 6.59. The van der Waals surface area contributed by atoms with Crippen LogP contribution >= 0.6 is 0 Å². The third-order valence-electron chi connectivity index (χ3n) is 3.54. The van der Waals surface area contributed by atoms with Crippen LogP contribution in [0.1, 0.15) is 34.7 Å². The monoisotopic (exact) mass is 294 g/mol. The van der Waals surface area contributed by atoms with Crippen molar-refractivity contribution in [3.63, 3.8) is 0 Å². The van der Waals surface area contributed by atoms with Crippen LogP contribution in [0.4, 0.5) is 13.2 Å². The van der Waals surface area contributed by atoms with E-state index in [0.717, 1.165) is 23.3 Å². The molecule has 0 aliphatic rings. The fraction of sp³-hybridized carbons (Fsp3) is 0.294. The van der Waals surface area contributed by atoms with Crippen LogP contribution < -0.4 is 0 Å². The molecule has 1 unspecified atom stereocenters. The maximum atomic E-state index is 12.8. The highest BCUT2D eigenvalue weighted by atomic mass is 19.4. The summed E-state index contributed by atoms with van der Waals surface area (Å²) in [6, 6.07) is 10.3. The molecule has 2 rings (SSSR count). The van der Waals surface area contributed by atoms with Gasteiger partial charge in [-0.25, -0.2) is 0 Å². The Hall–Kier alpha value is -1.81. The SMILES string of the molecule is Cc1cc(C)cc(C(C)(O)c2cccc(C(F)(F)F)c2)c1. The standard InChI is InChI=1S/C17H17F3O/c1-11-7-12(2)9-15(8-11)16(3,21)13-5-4-6-14(10-13)17(18,19)20/h4-10,21H,1-3H3. The van der Waals surface area contributed by atoms with Crippen LogP contribution in [0.5, 0.6) is 0 Å². The van der Waals surface area contributed by atoms with E-state index in [1.807, 2.05) is 19.9 Å². The van der Waals surface area contributed by atoms with E-state index in [1.54, 1.807) is 12.1 Å². The molecule has 1 atom stereocenters. The van der Waals surface area contributed by atoms with Crippen molar-refractivity contribution in [3.8, 4) is 0 Å². The van der Waals surface area contributed by atoms with E-state index in [4.69, 9.17) is 0 Å². The van der Waals surface area contributed by atoms with Gasteiger partial charge in [-0.3, -0.25) is 0 Å². The van der Waals surface area contributed by atoms with Crippen molar-refractivity contribution >= 4 is 0 Å². The Morgan fingerprint density at radius 3 is 1.86 bits per heavy atom. The molecule has 112 valence electrons. The molecule has 1 nitrogen and oxygen atoms in total. The Morgan fingerprint density at radius 1 is 0.810 bits per heavy atom. The summed E-state index contributed by atoms with van der Waals surface area (Å²) in [5.41, 5.74) is 0.485. The molecular formula is C17H17F3O. The normalized spacial score (nSPS) is 14.8. The molecule has 4 heteroatoms. The molecule has 2 aromatic carbocycles. The van der Waals surface area contributed by atoms with Crippen LogP contribution in [0, 0.1) is 13.8 Å². The van der Waals surface area contributed by atoms with Crippen molar-refractivity contribution in [2.75, 3.05) is 0 Å². The first-order valence-corrected chi connectivity index (χ1v) is 6.59. The smallest absolute Gasteiger partial charge is 0.381 e. The zero-order chi connectivity index (χ0) is 15.8. The number of benzene rings is 2. The summed E-state index contributed by atoms with van der Waals surface area (Å²) in [6.07, 6.45) is -4.42. The molecule has 0 aromatic heterocycles. The fourth-order valence-electron chi connectivity index (χ4n) is 2.42. The highest BCUT2D eigenvalue weighted by Gasteiger charge is 2.33. The second-order valence-electron chi connectivity index (χ2n) is 5.53. The maximum Gasteiger partial charge on any atom is 0.416 e. The highest BCUT2D eigenvalue weighted by molar-refractivity contribution is 5.41. The number of rotatable bonds is 2. The van der Waals surface area contributed by atoms with Gasteiger partial charge in [-0.2, -0.15) is 13.2 Å². The van der Waals surface area contributed by atoms with Gasteiger partial charge in [0, 0.05) is 0 Å². The molecule has 0 fully saturated rings. The Morgan fingerprint density at radius 2 is 1.33 bits per heavy atom. The van der Waals surface area contributed by atoms with E-state index in [1.165, 1.54) is 19.1 Å². The van der Waals surface area contributed by atoms with E-state index < -0.39 is 17.3 Å². The summed E-state index contributed by atoms with van der Waals surface area (Å²) in [4.78, 5) is 0. The van der Waals surface area contributed by atoms with Gasteiger partial charge in [-0.1, -0.05) is 41.5 Å². The Kier molecular flexibility index (Phi) is 3.85. The zero-order valence-corrected chi connectivity index (χ0v) is 12.1. The minimum Gasteiger partial charge on any atom is -0.381 e. The molecule has 0 aliphatic carbocycles. The number of hydrogen-bond donors (Lipinski definition) is 1. The van der Waals surface area contributed by atoms with Crippen molar-refractivity contribution in [1.82, 2.24) is 0 Å². The summed E-state index contributed by atoms with van der Waals surface area (Å²) in [6.45, 7) is 5.29. The Balaban J connectivity index is 2.53. The summed E-state index contributed by atoms with van der Waals surface area (Å²) in [7, 11) is 0. The molecule has 0 radical (unpaired) electrons. The van der Waals surface area contributed by atoms with Crippen LogP contribution in [0.25, 0.3) is 0 Å². The molecule has 1 N–H and O–H groups in total. The Bertz CT molecular complexity index is 637. The average Bonchev–Trinajstić information content (AvgIpc) is 2.36. The maximum absolute atomic E-state index is 12.8. The summed E-state index contributed by atoms with van der Waals surface area (Å²) in [5, 5.41) is 10.7. The van der Waals surface area contributed by atoms with E-state index in [-0.39, 0.29) is 5.56 Å². The van der Waals surface area contributed by atoms with Crippen LogP contribution in [0.15, 0.2) is 42.5 Å². The van der Waals surface area contributed by atoms with Gasteiger partial charge in [0.15, 0.2) is 0 Å². The van der Waals surface area contributed by atoms with Gasteiger partial charge in [-0.05, 0) is 44.0 Å². The van der Waals surface area contributed by atoms with Crippen LogP contribution in [0.2, 0.25) is 0 Å². The lowest BCUT2D eigenvalue weighted by Gasteiger charge is -2.26. The molecule has 0 bridgehead atoms. The lowest BCUT2D eigenvalue weighted by molar-refractivity contribution is -0.137. The van der Waals surface area contributed by atoms with E-state index >= 15 is 0 Å². The number of hydrogen-bond acceptors (Lipinski definition) is 1. The molecule has 0 saturated heterocycles. The van der Waals surface area contributed by atoms with Gasteiger partial charge in [-0.15, -0.1) is 0 Å². The Labute approximate surface area is 122 Å². The zero-order valence-electron chi connectivity index (χ0n) is 12.1. The number of aryl methyl sites for hydroxylation is 2. The first kappa shape index (κ1) is 15.6. The molecule has 0 aliphatic heterocycles. The minimum atomic E-state index is -4.42. The largest absolute Gasteiger partial charge is 0.416 e. The van der Waals surface area contributed by atoms with E-state index in [0.29, 0.717) is 5.56 Å². The van der Waals surface area contributed by atoms with Gasteiger partial charge >= 0.3 is 6.18 Å². The summed E-state index contributed by atoms with van der Waals surface area (Å²) >= 11 is 0. The quantitative estimate of drug-likeness (QED) is 0.859. The lowest BCUT2D eigenvalue weighted by atomic mass is 9.86. The van der Waals surface area contributed by atoms with Gasteiger partial charge in [0.25, 0.3) is 0 Å². The predicted octanol–water partition coefficient (Wildman–Crippen LogP) is 4.58. The van der Waals surface area contributed by atoms with Gasteiger partial charge in [0.2, 0.25) is 0 Å². The minimum absolute atomic E-state index is 0.224. The summed E-state index contributed by atoms with van der Waals surface area (Å²) < 4.78 is 38.4. The molecular weight excluding hydrogens is 277 g/mol. The van der Waals surface area contributed by atoms with Crippen LogP contribution in [0.3, 0.4) is 0 Å². The molecule has 0 amide bonds. The number of alkyl halides is 3. The second-order valence-corrected chi connectivity index (χ2v) is 5.53. The highest BCUT2D eigenvalue weighted by Crippen LogP contribution is 2.35. The van der Waals surface area contributed by atoms with Crippen molar-refractivity contribution in [1.29, 1.82) is 0 Å². The molecule has 2 aromatic rings. The lowest BCUT2D eigenvalue weighted by Crippen LogP contribution is -2.23. The molecule has 0 spiro atoms. The third kappa shape index (κ3) is 3.27. The average molecular weight is 294 g/mol. The topological polar surface area (TPSA) is 20.2 Å².